The van der Waals surface area contributed by atoms with E-state index in [1.165, 1.54) is 4.31 Å². The van der Waals surface area contributed by atoms with E-state index in [1.54, 1.807) is 12.1 Å². The number of nitrogens with zero attached hydrogens (tertiary/aromatic N) is 4. The van der Waals surface area contributed by atoms with Crippen molar-refractivity contribution in [1.29, 1.82) is 0 Å². The third-order valence-corrected chi connectivity index (χ3v) is 6.97. The number of hydrogen-bond donors (Lipinski definition) is 0. The first kappa shape index (κ1) is 18.7. The van der Waals surface area contributed by atoms with Gasteiger partial charge in [-0.1, -0.05) is 5.16 Å². The summed E-state index contributed by atoms with van der Waals surface area (Å²) in [5.74, 6) is 1.59. The standard InChI is InChI=1S/C18H26N4O4S/c1-15-12-17(26-19-15)14-21-10-8-20(9-11-21)13-16-4-5-18(25-16)27(23,24)22-6-2-3-7-22/h4-5,12H,2-3,6-11,13-14H2,1H3. The molecular weight excluding hydrogens is 368 g/mol. The number of furan rings is 1. The predicted molar refractivity (Wildman–Crippen MR) is 98.5 cm³/mol. The van der Waals surface area contributed by atoms with Gasteiger partial charge in [0.2, 0.25) is 5.09 Å². The molecule has 2 saturated heterocycles. The molecule has 0 saturated carbocycles. The van der Waals surface area contributed by atoms with Gasteiger partial charge >= 0.3 is 0 Å². The second-order valence-corrected chi connectivity index (χ2v) is 9.19. The number of piperazine rings is 1. The van der Waals surface area contributed by atoms with E-state index in [0.717, 1.165) is 57.0 Å². The van der Waals surface area contributed by atoms with Crippen LogP contribution in [0.4, 0.5) is 0 Å². The van der Waals surface area contributed by atoms with Crippen LogP contribution in [0.3, 0.4) is 0 Å². The Morgan fingerprint density at radius 1 is 0.963 bits per heavy atom. The number of aryl methyl sites for hydroxylation is 1. The van der Waals surface area contributed by atoms with E-state index >= 15 is 0 Å². The number of sulfonamides is 1. The molecule has 0 radical (unpaired) electrons. The monoisotopic (exact) mass is 394 g/mol. The van der Waals surface area contributed by atoms with Crippen molar-refractivity contribution in [2.75, 3.05) is 39.3 Å². The van der Waals surface area contributed by atoms with Gasteiger partial charge in [0.25, 0.3) is 10.0 Å². The van der Waals surface area contributed by atoms with E-state index in [0.29, 0.717) is 25.4 Å². The van der Waals surface area contributed by atoms with Gasteiger partial charge in [-0.15, -0.1) is 0 Å². The summed E-state index contributed by atoms with van der Waals surface area (Å²) in [5.41, 5.74) is 0.904. The molecule has 0 unspecified atom stereocenters. The molecule has 0 amide bonds. The lowest BCUT2D eigenvalue weighted by molar-refractivity contribution is 0.107. The van der Waals surface area contributed by atoms with E-state index in [9.17, 15) is 8.42 Å². The Morgan fingerprint density at radius 2 is 1.59 bits per heavy atom. The first-order chi connectivity index (χ1) is 13.0. The van der Waals surface area contributed by atoms with Crippen LogP contribution in [0.1, 0.15) is 30.1 Å². The second-order valence-electron chi connectivity index (χ2n) is 7.32. The van der Waals surface area contributed by atoms with Crippen LogP contribution < -0.4 is 0 Å². The van der Waals surface area contributed by atoms with Crippen LogP contribution in [0.2, 0.25) is 0 Å². The van der Waals surface area contributed by atoms with Crippen LogP contribution >= 0.6 is 0 Å². The van der Waals surface area contributed by atoms with Crippen molar-refractivity contribution in [1.82, 2.24) is 19.3 Å². The fraction of sp³-hybridized carbons (Fsp3) is 0.611. The van der Waals surface area contributed by atoms with Gasteiger partial charge < -0.3 is 8.94 Å². The zero-order valence-corrected chi connectivity index (χ0v) is 16.4. The fourth-order valence-electron chi connectivity index (χ4n) is 3.67. The van der Waals surface area contributed by atoms with Crippen molar-refractivity contribution >= 4 is 10.0 Å². The topological polar surface area (TPSA) is 83.0 Å². The Labute approximate surface area is 159 Å². The van der Waals surface area contributed by atoms with Crippen LogP contribution in [0.5, 0.6) is 0 Å². The third kappa shape index (κ3) is 4.26. The first-order valence-corrected chi connectivity index (χ1v) is 10.9. The summed E-state index contributed by atoms with van der Waals surface area (Å²) in [6.07, 6.45) is 1.84. The summed E-state index contributed by atoms with van der Waals surface area (Å²) in [7, 11) is -3.48. The zero-order chi connectivity index (χ0) is 18.9. The predicted octanol–water partition coefficient (Wildman–Crippen LogP) is 1.68. The third-order valence-electron chi connectivity index (χ3n) is 5.20. The maximum absolute atomic E-state index is 12.6. The molecule has 4 rings (SSSR count). The molecule has 2 aliphatic rings. The highest BCUT2D eigenvalue weighted by Crippen LogP contribution is 2.23. The molecule has 0 atom stereocenters. The number of hydrogen-bond acceptors (Lipinski definition) is 7. The molecule has 0 spiro atoms. The van der Waals surface area contributed by atoms with E-state index in [-0.39, 0.29) is 5.09 Å². The summed E-state index contributed by atoms with van der Waals surface area (Å²) in [5, 5.41) is 3.99. The summed E-state index contributed by atoms with van der Waals surface area (Å²) >= 11 is 0. The van der Waals surface area contributed by atoms with Crippen molar-refractivity contribution in [3.05, 3.63) is 35.4 Å². The second kappa shape index (κ2) is 7.75. The summed E-state index contributed by atoms with van der Waals surface area (Å²) < 4.78 is 37.6. The normalized spacial score (nSPS) is 20.5. The van der Waals surface area contributed by atoms with Crippen LogP contribution in [0.15, 0.2) is 32.2 Å². The fourth-order valence-corrected chi connectivity index (χ4v) is 5.12. The van der Waals surface area contributed by atoms with Crippen molar-refractivity contribution in [2.24, 2.45) is 0 Å². The van der Waals surface area contributed by atoms with Gasteiger partial charge in [0.05, 0.1) is 18.8 Å². The Balaban J connectivity index is 1.30. The van der Waals surface area contributed by atoms with Crippen LogP contribution in [-0.4, -0.2) is 66.9 Å². The minimum Gasteiger partial charge on any atom is -0.447 e. The van der Waals surface area contributed by atoms with Gasteiger partial charge in [-0.3, -0.25) is 9.80 Å². The van der Waals surface area contributed by atoms with Gasteiger partial charge in [0, 0.05) is 45.3 Å². The molecule has 9 heteroatoms. The molecule has 2 aromatic heterocycles. The van der Waals surface area contributed by atoms with Crippen molar-refractivity contribution in [3.63, 3.8) is 0 Å². The van der Waals surface area contributed by atoms with Gasteiger partial charge in [-0.25, -0.2) is 8.42 Å². The van der Waals surface area contributed by atoms with E-state index in [1.807, 2.05) is 13.0 Å². The Bertz CT molecular complexity index is 862. The lowest BCUT2D eigenvalue weighted by Crippen LogP contribution is -2.45. The summed E-state index contributed by atoms with van der Waals surface area (Å²) in [4.78, 5) is 4.62. The SMILES string of the molecule is Cc1cc(CN2CCN(Cc3ccc(S(=O)(=O)N4CCCC4)o3)CC2)on1. The highest BCUT2D eigenvalue weighted by Gasteiger charge is 2.30. The lowest BCUT2D eigenvalue weighted by atomic mass is 10.2. The molecule has 148 valence electrons. The smallest absolute Gasteiger partial charge is 0.276 e. The minimum atomic E-state index is -3.48. The van der Waals surface area contributed by atoms with Crippen molar-refractivity contribution in [2.45, 2.75) is 37.9 Å². The first-order valence-electron chi connectivity index (χ1n) is 9.46. The molecule has 2 fully saturated rings. The highest BCUT2D eigenvalue weighted by molar-refractivity contribution is 7.89. The van der Waals surface area contributed by atoms with Crippen LogP contribution in [0.25, 0.3) is 0 Å². The molecular formula is C18H26N4O4S. The molecule has 0 bridgehead atoms. The Hall–Kier alpha value is -1.68. The maximum Gasteiger partial charge on any atom is 0.276 e. The highest BCUT2D eigenvalue weighted by atomic mass is 32.2. The molecule has 8 nitrogen and oxygen atoms in total. The van der Waals surface area contributed by atoms with Gasteiger partial charge in [0.1, 0.15) is 5.76 Å². The molecule has 27 heavy (non-hydrogen) atoms. The average molecular weight is 394 g/mol. The van der Waals surface area contributed by atoms with E-state index < -0.39 is 10.0 Å². The van der Waals surface area contributed by atoms with Crippen LogP contribution in [0, 0.1) is 6.92 Å². The van der Waals surface area contributed by atoms with Gasteiger partial charge in [-0.05, 0) is 31.9 Å². The van der Waals surface area contributed by atoms with Gasteiger partial charge in [-0.2, -0.15) is 4.31 Å². The zero-order valence-electron chi connectivity index (χ0n) is 15.6. The quantitative estimate of drug-likeness (QED) is 0.737. The van der Waals surface area contributed by atoms with E-state index in [2.05, 4.69) is 15.0 Å². The Morgan fingerprint density at radius 3 is 2.19 bits per heavy atom. The summed E-state index contributed by atoms with van der Waals surface area (Å²) in [6.45, 7) is 8.17. The summed E-state index contributed by atoms with van der Waals surface area (Å²) in [6, 6.07) is 5.34. The number of rotatable bonds is 6. The minimum absolute atomic E-state index is 0.0683. The van der Waals surface area contributed by atoms with E-state index in [4.69, 9.17) is 8.94 Å². The van der Waals surface area contributed by atoms with Gasteiger partial charge in [0.15, 0.2) is 5.76 Å². The molecule has 0 N–H and O–H groups in total. The van der Waals surface area contributed by atoms with Crippen LogP contribution in [-0.2, 0) is 23.1 Å². The molecule has 2 aliphatic heterocycles. The molecule has 2 aromatic rings. The molecule has 0 aromatic carbocycles. The molecule has 4 heterocycles. The maximum atomic E-state index is 12.6. The lowest BCUT2D eigenvalue weighted by Gasteiger charge is -2.33. The Kier molecular flexibility index (Phi) is 5.36. The van der Waals surface area contributed by atoms with Crippen molar-refractivity contribution in [3.8, 4) is 0 Å². The average Bonchev–Trinajstić information content (AvgIpc) is 3.39. The largest absolute Gasteiger partial charge is 0.447 e. The van der Waals surface area contributed by atoms with Crippen molar-refractivity contribution < 1.29 is 17.4 Å². The molecule has 0 aliphatic carbocycles. The number of aromatic nitrogens is 1.